The standard InChI is InChI=1S/C17H30O2/c1-4-7-9-10-11-13-15-16(14-12-8-5-2)17(18)19-6-3/h13-15H,4-12H2,1-3H3/b15-13+,16-14-. The smallest absolute Gasteiger partial charge is 0.337 e. The Labute approximate surface area is 118 Å². The fraction of sp³-hybridized carbons (Fsp3) is 0.706. The van der Waals surface area contributed by atoms with Crippen LogP contribution in [0.1, 0.15) is 72.1 Å². The van der Waals surface area contributed by atoms with Crippen molar-refractivity contribution < 1.29 is 9.53 Å². The summed E-state index contributed by atoms with van der Waals surface area (Å²) in [6.07, 6.45) is 15.3. The van der Waals surface area contributed by atoms with Gasteiger partial charge in [0, 0.05) is 0 Å². The molecule has 0 aliphatic heterocycles. The number of carbonyl (C=O) groups excluding carboxylic acids is 1. The molecule has 0 saturated heterocycles. The average molecular weight is 266 g/mol. The van der Waals surface area contributed by atoms with Crippen molar-refractivity contribution in [2.24, 2.45) is 0 Å². The Morgan fingerprint density at radius 3 is 2.32 bits per heavy atom. The Morgan fingerprint density at radius 2 is 1.68 bits per heavy atom. The van der Waals surface area contributed by atoms with Crippen molar-refractivity contribution in [2.75, 3.05) is 6.61 Å². The second-order valence-corrected chi connectivity index (χ2v) is 4.77. The van der Waals surface area contributed by atoms with E-state index in [2.05, 4.69) is 19.9 Å². The molecule has 2 nitrogen and oxygen atoms in total. The van der Waals surface area contributed by atoms with Crippen LogP contribution in [0.3, 0.4) is 0 Å². The van der Waals surface area contributed by atoms with Gasteiger partial charge >= 0.3 is 5.97 Å². The van der Waals surface area contributed by atoms with Gasteiger partial charge in [0.25, 0.3) is 0 Å². The number of unbranched alkanes of at least 4 members (excludes halogenated alkanes) is 6. The van der Waals surface area contributed by atoms with E-state index in [0.29, 0.717) is 12.2 Å². The van der Waals surface area contributed by atoms with Gasteiger partial charge in [0.15, 0.2) is 0 Å². The van der Waals surface area contributed by atoms with E-state index in [1.165, 1.54) is 25.7 Å². The third kappa shape index (κ3) is 10.5. The van der Waals surface area contributed by atoms with Gasteiger partial charge in [-0.2, -0.15) is 0 Å². The Kier molecular flexibility index (Phi) is 12.6. The van der Waals surface area contributed by atoms with Gasteiger partial charge in [0.05, 0.1) is 12.2 Å². The van der Waals surface area contributed by atoms with Gasteiger partial charge in [-0.25, -0.2) is 4.79 Å². The van der Waals surface area contributed by atoms with Crippen LogP contribution in [0.25, 0.3) is 0 Å². The minimum absolute atomic E-state index is 0.191. The first kappa shape index (κ1) is 17.9. The lowest BCUT2D eigenvalue weighted by Crippen LogP contribution is -2.06. The van der Waals surface area contributed by atoms with Gasteiger partial charge < -0.3 is 4.74 Å². The first-order chi connectivity index (χ1) is 9.26. The minimum atomic E-state index is -0.191. The molecule has 0 rings (SSSR count). The van der Waals surface area contributed by atoms with Crippen LogP contribution in [0.2, 0.25) is 0 Å². The maximum Gasteiger partial charge on any atom is 0.337 e. The normalized spacial score (nSPS) is 12.1. The van der Waals surface area contributed by atoms with Gasteiger partial charge in [0.2, 0.25) is 0 Å². The summed E-state index contributed by atoms with van der Waals surface area (Å²) in [6, 6.07) is 0. The van der Waals surface area contributed by atoms with Crippen LogP contribution in [-0.2, 0) is 9.53 Å². The van der Waals surface area contributed by atoms with Gasteiger partial charge in [-0.15, -0.1) is 0 Å². The summed E-state index contributed by atoms with van der Waals surface area (Å²) in [6.45, 7) is 6.65. The highest BCUT2D eigenvalue weighted by molar-refractivity contribution is 5.91. The zero-order chi connectivity index (χ0) is 14.3. The van der Waals surface area contributed by atoms with Crippen LogP contribution in [0.5, 0.6) is 0 Å². The molecule has 2 heteroatoms. The number of esters is 1. The van der Waals surface area contributed by atoms with Crippen molar-refractivity contribution in [1.29, 1.82) is 0 Å². The predicted octanol–water partition coefficient (Wildman–Crippen LogP) is 5.19. The second kappa shape index (κ2) is 13.4. The van der Waals surface area contributed by atoms with E-state index in [1.807, 2.05) is 19.1 Å². The molecule has 0 bridgehead atoms. The maximum absolute atomic E-state index is 11.8. The SMILES string of the molecule is CCCC/C=C(/C=C/CCCCCC)C(=O)OCC. The molecule has 0 aliphatic carbocycles. The van der Waals surface area contributed by atoms with Gasteiger partial charge in [-0.05, 0) is 26.2 Å². The van der Waals surface area contributed by atoms with Crippen molar-refractivity contribution >= 4 is 5.97 Å². The largest absolute Gasteiger partial charge is 0.462 e. The van der Waals surface area contributed by atoms with Crippen molar-refractivity contribution in [3.8, 4) is 0 Å². The number of hydrogen-bond donors (Lipinski definition) is 0. The fourth-order valence-electron chi connectivity index (χ4n) is 1.79. The molecule has 0 radical (unpaired) electrons. The zero-order valence-corrected chi connectivity index (χ0v) is 12.9. The Hall–Kier alpha value is -1.05. The minimum Gasteiger partial charge on any atom is -0.462 e. The van der Waals surface area contributed by atoms with Crippen LogP contribution >= 0.6 is 0 Å². The number of hydrogen-bond acceptors (Lipinski definition) is 2. The first-order valence-corrected chi connectivity index (χ1v) is 7.80. The lowest BCUT2D eigenvalue weighted by atomic mass is 10.1. The molecule has 0 atom stereocenters. The molecule has 19 heavy (non-hydrogen) atoms. The molecular formula is C17H30O2. The van der Waals surface area contributed by atoms with Crippen molar-refractivity contribution in [3.05, 3.63) is 23.8 Å². The lowest BCUT2D eigenvalue weighted by molar-refractivity contribution is -0.138. The van der Waals surface area contributed by atoms with E-state index in [4.69, 9.17) is 4.74 Å². The molecule has 0 heterocycles. The molecule has 0 saturated carbocycles. The highest BCUT2D eigenvalue weighted by atomic mass is 16.5. The summed E-state index contributed by atoms with van der Waals surface area (Å²) < 4.78 is 5.07. The van der Waals surface area contributed by atoms with Gasteiger partial charge in [0.1, 0.15) is 0 Å². The molecule has 0 aromatic heterocycles. The third-order valence-electron chi connectivity index (χ3n) is 2.95. The van der Waals surface area contributed by atoms with Crippen molar-refractivity contribution in [1.82, 2.24) is 0 Å². The Bertz CT molecular complexity index is 277. The highest BCUT2D eigenvalue weighted by Crippen LogP contribution is 2.08. The summed E-state index contributed by atoms with van der Waals surface area (Å²) in [7, 11) is 0. The molecule has 0 aromatic carbocycles. The van der Waals surface area contributed by atoms with E-state index in [-0.39, 0.29) is 5.97 Å². The summed E-state index contributed by atoms with van der Waals surface area (Å²) in [5.74, 6) is -0.191. The molecule has 0 fully saturated rings. The number of carbonyl (C=O) groups is 1. The number of rotatable bonds is 11. The van der Waals surface area contributed by atoms with Gasteiger partial charge in [-0.3, -0.25) is 0 Å². The molecule has 0 aromatic rings. The molecule has 0 spiro atoms. The summed E-state index contributed by atoms with van der Waals surface area (Å²) in [5, 5.41) is 0. The molecule has 0 unspecified atom stereocenters. The third-order valence-corrected chi connectivity index (χ3v) is 2.95. The molecular weight excluding hydrogens is 236 g/mol. The lowest BCUT2D eigenvalue weighted by Gasteiger charge is -2.03. The van der Waals surface area contributed by atoms with Crippen LogP contribution in [0.4, 0.5) is 0 Å². The summed E-state index contributed by atoms with van der Waals surface area (Å²) in [5.41, 5.74) is 0.714. The maximum atomic E-state index is 11.8. The van der Waals surface area contributed by atoms with E-state index >= 15 is 0 Å². The average Bonchev–Trinajstić information content (AvgIpc) is 2.41. The van der Waals surface area contributed by atoms with Crippen LogP contribution in [0.15, 0.2) is 23.8 Å². The van der Waals surface area contributed by atoms with Crippen LogP contribution in [-0.4, -0.2) is 12.6 Å². The van der Waals surface area contributed by atoms with E-state index in [1.54, 1.807) is 0 Å². The quantitative estimate of drug-likeness (QED) is 0.222. The van der Waals surface area contributed by atoms with E-state index < -0.39 is 0 Å². The summed E-state index contributed by atoms with van der Waals surface area (Å²) >= 11 is 0. The Balaban J connectivity index is 4.20. The fourth-order valence-corrected chi connectivity index (χ4v) is 1.79. The van der Waals surface area contributed by atoms with Crippen molar-refractivity contribution in [3.63, 3.8) is 0 Å². The number of ether oxygens (including phenoxy) is 1. The number of allylic oxidation sites excluding steroid dienone is 2. The van der Waals surface area contributed by atoms with Crippen molar-refractivity contribution in [2.45, 2.75) is 72.1 Å². The monoisotopic (exact) mass is 266 g/mol. The zero-order valence-electron chi connectivity index (χ0n) is 12.9. The predicted molar refractivity (Wildman–Crippen MR) is 82.1 cm³/mol. The van der Waals surface area contributed by atoms with Gasteiger partial charge in [-0.1, -0.05) is 64.2 Å². The molecule has 0 N–H and O–H groups in total. The Morgan fingerprint density at radius 1 is 0.947 bits per heavy atom. The molecule has 110 valence electrons. The summed E-state index contributed by atoms with van der Waals surface area (Å²) in [4.78, 5) is 11.8. The second-order valence-electron chi connectivity index (χ2n) is 4.77. The van der Waals surface area contributed by atoms with Crippen LogP contribution in [0, 0.1) is 0 Å². The first-order valence-electron chi connectivity index (χ1n) is 7.80. The van der Waals surface area contributed by atoms with E-state index in [0.717, 1.165) is 25.7 Å². The molecule has 0 amide bonds. The van der Waals surface area contributed by atoms with Crippen LogP contribution < -0.4 is 0 Å². The molecule has 0 aliphatic rings. The topological polar surface area (TPSA) is 26.3 Å². The van der Waals surface area contributed by atoms with E-state index in [9.17, 15) is 4.79 Å². The highest BCUT2D eigenvalue weighted by Gasteiger charge is 2.05.